The van der Waals surface area contributed by atoms with E-state index in [-0.39, 0.29) is 0 Å². The van der Waals surface area contributed by atoms with Crippen LogP contribution in [-0.4, -0.2) is 25.7 Å². The summed E-state index contributed by atoms with van der Waals surface area (Å²) >= 11 is 0. The molecule has 0 fully saturated rings. The number of carboxylic acids is 1. The maximum Gasteiger partial charge on any atom is 0.324 e. The number of carbonyl (C=O) groups is 1. The molecule has 0 saturated heterocycles. The molecule has 0 aromatic carbocycles. The first-order valence-electron chi connectivity index (χ1n) is 1.95. The summed E-state index contributed by atoms with van der Waals surface area (Å²) in [4.78, 5) is 9.66. The molecule has 0 amide bonds. The highest BCUT2D eigenvalue weighted by atomic mass is 32.2. The molecule has 5 nitrogen and oxygen atoms in total. The molecular formula is C3H6NO4S. The van der Waals surface area contributed by atoms with Gasteiger partial charge in [0.25, 0.3) is 0 Å². The van der Waals surface area contributed by atoms with Crippen LogP contribution < -0.4 is 4.72 Å². The maximum atomic E-state index is 10.1. The van der Waals surface area contributed by atoms with Crippen molar-refractivity contribution >= 4 is 16.0 Å². The lowest BCUT2D eigenvalue weighted by atomic mass is 10.7. The van der Waals surface area contributed by atoms with Crippen molar-refractivity contribution in [1.82, 2.24) is 4.72 Å². The van der Waals surface area contributed by atoms with E-state index in [1.165, 1.54) is 0 Å². The second kappa shape index (κ2) is 2.79. The van der Waals surface area contributed by atoms with Crippen molar-refractivity contribution < 1.29 is 18.3 Å². The van der Waals surface area contributed by atoms with Gasteiger partial charge in [-0.1, -0.05) is 0 Å². The van der Waals surface area contributed by atoms with E-state index in [1.54, 1.807) is 4.72 Å². The number of nitrogens with one attached hydrogen (secondary N) is 1. The Morgan fingerprint density at radius 2 is 2.11 bits per heavy atom. The summed E-state index contributed by atoms with van der Waals surface area (Å²) < 4.78 is 21.9. The van der Waals surface area contributed by atoms with E-state index < -0.39 is 16.0 Å². The van der Waals surface area contributed by atoms with Gasteiger partial charge in [0.2, 0.25) is 10.0 Å². The second-order valence-corrected chi connectivity index (χ2v) is 3.15. The molecule has 6 heteroatoms. The highest BCUT2D eigenvalue weighted by Crippen LogP contribution is 1.75. The van der Waals surface area contributed by atoms with Crippen LogP contribution in [0.5, 0.6) is 0 Å². The average molecular weight is 152 g/mol. The van der Waals surface area contributed by atoms with Gasteiger partial charge in [-0.05, 0) is 0 Å². The molecule has 2 N–H and O–H groups in total. The van der Waals surface area contributed by atoms with Gasteiger partial charge in [-0.25, -0.2) is 8.42 Å². The Labute approximate surface area is 52.7 Å². The summed E-state index contributed by atoms with van der Waals surface area (Å²) in [5, 5.41) is 7.89. The van der Waals surface area contributed by atoms with Crippen molar-refractivity contribution in [2.75, 3.05) is 6.26 Å². The van der Waals surface area contributed by atoms with Crippen LogP contribution in [-0.2, 0) is 14.8 Å². The zero-order valence-electron chi connectivity index (χ0n) is 4.66. The molecule has 0 saturated carbocycles. The third kappa shape index (κ3) is 7.38. The van der Waals surface area contributed by atoms with Crippen LogP contribution in [0.3, 0.4) is 0 Å². The monoisotopic (exact) mass is 152 g/mol. The van der Waals surface area contributed by atoms with Crippen molar-refractivity contribution in [3.8, 4) is 0 Å². The molecule has 53 valence electrons. The fraction of sp³-hybridized carbons (Fsp3) is 0.333. The van der Waals surface area contributed by atoms with Crippen LogP contribution in [0.25, 0.3) is 0 Å². The minimum Gasteiger partial charge on any atom is -0.480 e. The smallest absolute Gasteiger partial charge is 0.324 e. The number of hydrogen-bond donors (Lipinski definition) is 2. The molecule has 0 aliphatic carbocycles. The number of rotatable bonds is 3. The quantitative estimate of drug-likeness (QED) is 0.531. The van der Waals surface area contributed by atoms with E-state index >= 15 is 0 Å². The summed E-state index contributed by atoms with van der Waals surface area (Å²) in [6.45, 7) is 0.454. The third-order valence-corrected chi connectivity index (χ3v) is 0.942. The zero-order chi connectivity index (χ0) is 7.49. The Morgan fingerprint density at radius 3 is 2.22 bits per heavy atom. The van der Waals surface area contributed by atoms with Gasteiger partial charge >= 0.3 is 5.97 Å². The fourth-order valence-corrected chi connectivity index (χ4v) is 0.472. The fourth-order valence-electron chi connectivity index (χ4n) is 0.157. The lowest BCUT2D eigenvalue weighted by molar-refractivity contribution is -0.133. The molecule has 0 aromatic heterocycles. The zero-order valence-corrected chi connectivity index (χ0v) is 5.47. The summed E-state index contributed by atoms with van der Waals surface area (Å²) in [5.41, 5.74) is 0. The Kier molecular flexibility index (Phi) is 2.60. The SMILES string of the molecule is CS(=O)(=O)N[CH]C(=O)O. The van der Waals surface area contributed by atoms with E-state index in [2.05, 4.69) is 0 Å². The van der Waals surface area contributed by atoms with E-state index in [0.717, 1.165) is 6.26 Å². The van der Waals surface area contributed by atoms with Gasteiger partial charge < -0.3 is 5.11 Å². The third-order valence-electron chi connectivity index (χ3n) is 0.396. The molecule has 0 heterocycles. The normalized spacial score (nSPS) is 11.2. The first-order chi connectivity index (χ1) is 3.92. The molecule has 0 spiro atoms. The standard InChI is InChI=1S/C3H6NO4S/c1-9(7,8)4-2-3(5)6/h2,4H,1H3,(H,5,6). The van der Waals surface area contributed by atoms with Crippen LogP contribution in [0.2, 0.25) is 0 Å². The van der Waals surface area contributed by atoms with Gasteiger partial charge in [-0.3, -0.25) is 4.79 Å². The Hall–Kier alpha value is -0.620. The summed E-state index contributed by atoms with van der Waals surface area (Å²) in [5.74, 6) is -1.32. The minimum atomic E-state index is -3.41. The van der Waals surface area contributed by atoms with Gasteiger partial charge in [-0.2, -0.15) is 4.72 Å². The van der Waals surface area contributed by atoms with E-state index in [0.29, 0.717) is 6.54 Å². The van der Waals surface area contributed by atoms with E-state index in [9.17, 15) is 13.2 Å². The first kappa shape index (κ1) is 8.38. The number of aliphatic carboxylic acids is 1. The summed E-state index contributed by atoms with van der Waals surface area (Å²) in [6, 6.07) is 0. The lowest BCUT2D eigenvalue weighted by Gasteiger charge is -1.93. The highest BCUT2D eigenvalue weighted by molar-refractivity contribution is 7.88. The number of sulfonamides is 1. The Balaban J connectivity index is 3.67. The number of hydrogen-bond acceptors (Lipinski definition) is 3. The predicted octanol–water partition coefficient (Wildman–Crippen LogP) is -1.22. The highest BCUT2D eigenvalue weighted by Gasteiger charge is 2.03. The van der Waals surface area contributed by atoms with Gasteiger partial charge in [0.1, 0.15) is 6.54 Å². The lowest BCUT2D eigenvalue weighted by Crippen LogP contribution is -2.22. The van der Waals surface area contributed by atoms with Crippen molar-refractivity contribution in [3.05, 3.63) is 6.54 Å². The molecule has 0 atom stereocenters. The van der Waals surface area contributed by atoms with Crippen LogP contribution >= 0.6 is 0 Å². The second-order valence-electron chi connectivity index (χ2n) is 1.37. The van der Waals surface area contributed by atoms with Gasteiger partial charge in [0.05, 0.1) is 6.26 Å². The van der Waals surface area contributed by atoms with E-state index in [4.69, 9.17) is 5.11 Å². The van der Waals surface area contributed by atoms with Crippen LogP contribution in [0.4, 0.5) is 0 Å². The largest absolute Gasteiger partial charge is 0.480 e. The van der Waals surface area contributed by atoms with Crippen LogP contribution in [0.15, 0.2) is 0 Å². The van der Waals surface area contributed by atoms with Crippen molar-refractivity contribution in [2.24, 2.45) is 0 Å². The summed E-state index contributed by atoms with van der Waals surface area (Å²) in [6.07, 6.45) is 0.867. The van der Waals surface area contributed by atoms with Gasteiger partial charge in [0, 0.05) is 0 Å². The molecule has 9 heavy (non-hydrogen) atoms. The average Bonchev–Trinajstić information content (AvgIpc) is 1.59. The summed E-state index contributed by atoms with van der Waals surface area (Å²) in [7, 11) is -3.41. The van der Waals surface area contributed by atoms with Crippen LogP contribution in [0, 0.1) is 6.54 Å². The molecule has 0 aromatic rings. The minimum absolute atomic E-state index is 0.454. The molecule has 1 radical (unpaired) electrons. The maximum absolute atomic E-state index is 10.1. The molecule has 0 aliphatic heterocycles. The van der Waals surface area contributed by atoms with Gasteiger partial charge in [-0.15, -0.1) is 0 Å². The van der Waals surface area contributed by atoms with E-state index in [1.807, 2.05) is 0 Å². The van der Waals surface area contributed by atoms with Crippen molar-refractivity contribution in [3.63, 3.8) is 0 Å². The predicted molar refractivity (Wildman–Crippen MR) is 29.9 cm³/mol. The Morgan fingerprint density at radius 1 is 1.67 bits per heavy atom. The molecule has 0 bridgehead atoms. The van der Waals surface area contributed by atoms with Crippen molar-refractivity contribution in [1.29, 1.82) is 0 Å². The van der Waals surface area contributed by atoms with Crippen molar-refractivity contribution in [2.45, 2.75) is 0 Å². The van der Waals surface area contributed by atoms with Gasteiger partial charge in [0.15, 0.2) is 0 Å². The topological polar surface area (TPSA) is 83.5 Å². The molecule has 0 aliphatic rings. The molecule has 0 rings (SSSR count). The molecule has 0 unspecified atom stereocenters. The number of carboxylic acid groups (broad SMARTS) is 1. The first-order valence-corrected chi connectivity index (χ1v) is 3.84. The van der Waals surface area contributed by atoms with Crippen LogP contribution in [0.1, 0.15) is 0 Å². The molecular weight excluding hydrogens is 146 g/mol. The Bertz CT molecular complexity index is 194.